The van der Waals surface area contributed by atoms with E-state index >= 15 is 0 Å². The number of hydrogen-bond donors (Lipinski definition) is 1. The van der Waals surface area contributed by atoms with Crippen LogP contribution in [-0.2, 0) is 9.53 Å². The first-order valence-corrected chi connectivity index (χ1v) is 6.87. The second-order valence-corrected chi connectivity index (χ2v) is 5.40. The Balaban J connectivity index is 2.79. The van der Waals surface area contributed by atoms with Crippen LogP contribution in [0.25, 0.3) is 0 Å². The van der Waals surface area contributed by atoms with Gasteiger partial charge in [-0.2, -0.15) is 5.26 Å². The number of carbonyl (C=O) groups excluding carboxylic acids is 1. The second-order valence-electron chi connectivity index (χ2n) is 4.59. The summed E-state index contributed by atoms with van der Waals surface area (Å²) in [6, 6.07) is 6.98. The number of carbonyl (C=O) groups is 1. The van der Waals surface area contributed by atoms with Gasteiger partial charge in [-0.1, -0.05) is 29.3 Å². The van der Waals surface area contributed by atoms with Crippen molar-refractivity contribution in [3.05, 3.63) is 56.6 Å². The largest absolute Gasteiger partial charge is 0.445 e. The summed E-state index contributed by atoms with van der Waals surface area (Å²) in [5.41, 5.74) is 6.71. The highest BCUT2D eigenvalue weighted by molar-refractivity contribution is 6.36. The van der Waals surface area contributed by atoms with E-state index in [-0.39, 0.29) is 17.2 Å². The van der Waals surface area contributed by atoms with Crippen LogP contribution in [0.3, 0.4) is 0 Å². The molecule has 1 aliphatic rings. The minimum Gasteiger partial charge on any atom is -0.445 e. The smallest absolute Gasteiger partial charge is 0.205 e. The molecule has 0 aromatic heterocycles. The van der Waals surface area contributed by atoms with Gasteiger partial charge in [0.1, 0.15) is 17.4 Å². The number of ether oxygens (including phenoxy) is 1. The molecule has 21 heavy (non-hydrogen) atoms. The molecule has 0 radical (unpaired) electrons. The van der Waals surface area contributed by atoms with E-state index in [4.69, 9.17) is 33.7 Å². The van der Waals surface area contributed by atoms with Crippen molar-refractivity contribution in [3.8, 4) is 6.07 Å². The van der Waals surface area contributed by atoms with Crippen LogP contribution in [0, 0.1) is 11.3 Å². The van der Waals surface area contributed by atoms with E-state index in [1.165, 1.54) is 6.92 Å². The fourth-order valence-corrected chi connectivity index (χ4v) is 3.03. The van der Waals surface area contributed by atoms with Crippen LogP contribution in [0.4, 0.5) is 0 Å². The average Bonchev–Trinajstić information content (AvgIpc) is 2.37. The predicted molar refractivity (Wildman–Crippen MR) is 80.5 cm³/mol. The number of rotatable bonds is 2. The number of nitrogens with two attached hydrogens (primary N) is 1. The third-order valence-electron chi connectivity index (χ3n) is 3.27. The molecular formula is C15H12Cl2N2O2. The van der Waals surface area contributed by atoms with E-state index in [1.807, 2.05) is 6.07 Å². The van der Waals surface area contributed by atoms with E-state index in [9.17, 15) is 10.1 Å². The molecule has 0 spiro atoms. The molecule has 0 amide bonds. The highest BCUT2D eigenvalue weighted by Crippen LogP contribution is 2.44. The lowest BCUT2D eigenvalue weighted by molar-refractivity contribution is -0.114. The SMILES string of the molecule is CC(=O)C1=C(C)OC(N)=C(C#N)[C@@H]1c1c(Cl)cccc1Cl. The Hall–Kier alpha value is -1.96. The molecule has 1 aromatic carbocycles. The number of hydrogen-bond acceptors (Lipinski definition) is 4. The van der Waals surface area contributed by atoms with Gasteiger partial charge in [0.25, 0.3) is 0 Å². The molecule has 1 heterocycles. The summed E-state index contributed by atoms with van der Waals surface area (Å²) in [7, 11) is 0. The molecule has 1 aliphatic heterocycles. The van der Waals surface area contributed by atoms with E-state index < -0.39 is 5.92 Å². The highest BCUT2D eigenvalue weighted by atomic mass is 35.5. The molecule has 6 heteroatoms. The lowest BCUT2D eigenvalue weighted by Crippen LogP contribution is -2.23. The summed E-state index contributed by atoms with van der Waals surface area (Å²) in [5, 5.41) is 10.1. The molecular weight excluding hydrogens is 311 g/mol. The molecule has 4 nitrogen and oxygen atoms in total. The summed E-state index contributed by atoms with van der Waals surface area (Å²) in [6.07, 6.45) is 0. The average molecular weight is 323 g/mol. The van der Waals surface area contributed by atoms with Crippen molar-refractivity contribution in [2.45, 2.75) is 19.8 Å². The Morgan fingerprint density at radius 3 is 2.43 bits per heavy atom. The van der Waals surface area contributed by atoms with Gasteiger partial charge in [0.2, 0.25) is 5.88 Å². The molecule has 2 N–H and O–H groups in total. The van der Waals surface area contributed by atoms with Crippen LogP contribution >= 0.6 is 23.2 Å². The maximum atomic E-state index is 12.0. The standard InChI is InChI=1S/C15H12Cl2N2O2/c1-7(20)12-8(2)21-15(19)9(6-18)13(12)14-10(16)4-3-5-11(14)17/h3-5,13H,19H2,1-2H3/t13-/m0/s1. The Bertz CT molecular complexity index is 709. The summed E-state index contributed by atoms with van der Waals surface area (Å²) < 4.78 is 5.30. The monoisotopic (exact) mass is 322 g/mol. The fourth-order valence-electron chi connectivity index (χ4n) is 2.41. The first kappa shape index (κ1) is 15.4. The van der Waals surface area contributed by atoms with Crippen LogP contribution in [0.5, 0.6) is 0 Å². The van der Waals surface area contributed by atoms with Gasteiger partial charge in [0, 0.05) is 21.2 Å². The van der Waals surface area contributed by atoms with E-state index in [0.717, 1.165) is 0 Å². The van der Waals surface area contributed by atoms with Gasteiger partial charge in [-0.05, 0) is 26.0 Å². The van der Waals surface area contributed by atoms with Crippen molar-refractivity contribution in [1.29, 1.82) is 5.26 Å². The first-order chi connectivity index (χ1) is 9.88. The molecule has 108 valence electrons. The summed E-state index contributed by atoms with van der Waals surface area (Å²) >= 11 is 12.4. The quantitative estimate of drug-likeness (QED) is 0.901. The number of benzene rings is 1. The van der Waals surface area contributed by atoms with Crippen molar-refractivity contribution < 1.29 is 9.53 Å². The van der Waals surface area contributed by atoms with Gasteiger partial charge in [-0.25, -0.2) is 0 Å². The fraction of sp³-hybridized carbons (Fsp3) is 0.200. The van der Waals surface area contributed by atoms with Crippen LogP contribution < -0.4 is 5.73 Å². The van der Waals surface area contributed by atoms with E-state index in [1.54, 1.807) is 25.1 Å². The lowest BCUT2D eigenvalue weighted by atomic mass is 9.81. The Morgan fingerprint density at radius 1 is 1.38 bits per heavy atom. The molecule has 2 rings (SSSR count). The molecule has 0 bridgehead atoms. The molecule has 0 saturated carbocycles. The second kappa shape index (κ2) is 5.80. The van der Waals surface area contributed by atoms with Gasteiger partial charge < -0.3 is 10.5 Å². The minimum absolute atomic E-state index is 0.0408. The van der Waals surface area contributed by atoms with E-state index in [0.29, 0.717) is 26.9 Å². The van der Waals surface area contributed by atoms with Crippen molar-refractivity contribution >= 4 is 29.0 Å². The van der Waals surface area contributed by atoms with Crippen LogP contribution in [0.15, 0.2) is 41.0 Å². The van der Waals surface area contributed by atoms with Gasteiger partial charge in [0.05, 0.1) is 5.92 Å². The molecule has 0 fully saturated rings. The molecule has 0 aliphatic carbocycles. The third kappa shape index (κ3) is 2.63. The summed E-state index contributed by atoms with van der Waals surface area (Å²) in [5.74, 6) is -0.642. The number of nitriles is 1. The minimum atomic E-state index is -0.720. The molecule has 0 saturated heterocycles. The van der Waals surface area contributed by atoms with Crippen molar-refractivity contribution in [3.63, 3.8) is 0 Å². The number of ketones is 1. The normalized spacial score (nSPS) is 18.3. The maximum absolute atomic E-state index is 12.0. The Kier molecular flexibility index (Phi) is 4.26. The van der Waals surface area contributed by atoms with Crippen molar-refractivity contribution in [1.82, 2.24) is 0 Å². The van der Waals surface area contributed by atoms with Gasteiger partial charge in [-0.3, -0.25) is 4.79 Å². The maximum Gasteiger partial charge on any atom is 0.205 e. The molecule has 0 unspecified atom stereocenters. The molecule has 1 aromatic rings. The summed E-state index contributed by atoms with van der Waals surface area (Å²) in [4.78, 5) is 12.0. The number of Topliss-reactive ketones (excluding diaryl/α,β-unsaturated/α-hetero) is 1. The number of allylic oxidation sites excluding steroid dienone is 3. The number of halogens is 2. The van der Waals surface area contributed by atoms with E-state index in [2.05, 4.69) is 0 Å². The van der Waals surface area contributed by atoms with Crippen molar-refractivity contribution in [2.24, 2.45) is 5.73 Å². The zero-order valence-corrected chi connectivity index (χ0v) is 12.9. The van der Waals surface area contributed by atoms with Gasteiger partial charge in [-0.15, -0.1) is 0 Å². The zero-order chi connectivity index (χ0) is 15.7. The van der Waals surface area contributed by atoms with Gasteiger partial charge in [0.15, 0.2) is 5.78 Å². The first-order valence-electron chi connectivity index (χ1n) is 6.11. The Labute approximate surface area is 132 Å². The zero-order valence-electron chi connectivity index (χ0n) is 11.4. The van der Waals surface area contributed by atoms with Crippen LogP contribution in [0.2, 0.25) is 10.0 Å². The molecule has 1 atom stereocenters. The van der Waals surface area contributed by atoms with Gasteiger partial charge >= 0.3 is 0 Å². The topological polar surface area (TPSA) is 76.1 Å². The Morgan fingerprint density at radius 2 is 1.95 bits per heavy atom. The highest BCUT2D eigenvalue weighted by Gasteiger charge is 2.36. The number of nitrogens with zero attached hydrogens (tertiary/aromatic N) is 1. The third-order valence-corrected chi connectivity index (χ3v) is 3.93. The predicted octanol–water partition coefficient (Wildman–Crippen LogP) is 3.66. The lowest BCUT2D eigenvalue weighted by Gasteiger charge is -2.27. The van der Waals surface area contributed by atoms with Crippen LogP contribution in [0.1, 0.15) is 25.3 Å². The van der Waals surface area contributed by atoms with Crippen LogP contribution in [-0.4, -0.2) is 5.78 Å². The van der Waals surface area contributed by atoms with Crippen molar-refractivity contribution in [2.75, 3.05) is 0 Å². The summed E-state index contributed by atoms with van der Waals surface area (Å²) in [6.45, 7) is 3.02.